The van der Waals surface area contributed by atoms with E-state index in [2.05, 4.69) is 63.6 Å². The second kappa shape index (κ2) is 27.8. The Balaban J connectivity index is 2.73. The lowest BCUT2D eigenvalue weighted by Gasteiger charge is -2.35. The molecule has 0 atom stereocenters. The molecule has 262 valence electrons. The average molecular weight is 661 g/mol. The molecular weight excluding hydrogens is 589 g/mol. The average Bonchev–Trinajstić information content (AvgIpc) is 3.02. The Labute approximate surface area is 275 Å². The first-order valence-electron chi connectivity index (χ1n) is 18.5. The standard InChI is InChI=1S/C34H72N2O6Si2/c1-7-13-26-37-43(38-27-14-8-2,39-28-15-9-3)32-20-24-35-22-19-23-36(34-35)25-21-33-44(40-29-16-10-4,41-30-17-11-5)42-31-18-12-6/h19,22H,7-18,20-21,23-34H2,1-6H3. The molecule has 0 saturated heterocycles. The van der Waals surface area contributed by atoms with Gasteiger partial charge in [-0.3, -0.25) is 4.90 Å². The lowest BCUT2D eigenvalue weighted by Crippen LogP contribution is -2.48. The van der Waals surface area contributed by atoms with Crippen molar-refractivity contribution in [2.75, 3.05) is 65.9 Å². The minimum atomic E-state index is -2.69. The molecule has 0 bridgehead atoms. The Bertz CT molecular complexity index is 623. The summed E-state index contributed by atoms with van der Waals surface area (Å²) >= 11 is 0. The van der Waals surface area contributed by atoms with Crippen molar-refractivity contribution >= 4 is 17.6 Å². The molecular formula is C34H72N2O6Si2. The van der Waals surface area contributed by atoms with Crippen LogP contribution in [0.1, 0.15) is 131 Å². The van der Waals surface area contributed by atoms with Crippen LogP contribution in [0.5, 0.6) is 0 Å². The predicted octanol–water partition coefficient (Wildman–Crippen LogP) is 8.63. The van der Waals surface area contributed by atoms with Gasteiger partial charge in [-0.15, -0.1) is 0 Å². The largest absolute Gasteiger partial charge is 0.501 e. The number of hydrogen-bond acceptors (Lipinski definition) is 8. The molecule has 0 aliphatic carbocycles. The van der Waals surface area contributed by atoms with Gasteiger partial charge in [-0.25, -0.2) is 0 Å². The van der Waals surface area contributed by atoms with Gasteiger partial charge in [-0.2, -0.15) is 0 Å². The normalized spacial score (nSPS) is 14.6. The first kappa shape index (κ1) is 41.7. The molecule has 0 fully saturated rings. The Morgan fingerprint density at radius 1 is 0.477 bits per heavy atom. The summed E-state index contributed by atoms with van der Waals surface area (Å²) in [6.07, 6.45) is 19.6. The van der Waals surface area contributed by atoms with Crippen molar-refractivity contribution in [3.63, 3.8) is 0 Å². The third kappa shape index (κ3) is 19.4. The number of hydrogen-bond donors (Lipinski definition) is 0. The topological polar surface area (TPSA) is 61.9 Å². The minimum absolute atomic E-state index is 0.732. The lowest BCUT2D eigenvalue weighted by molar-refractivity contribution is 0.0544. The zero-order valence-electron chi connectivity index (χ0n) is 29.9. The summed E-state index contributed by atoms with van der Waals surface area (Å²) in [7, 11) is -5.38. The van der Waals surface area contributed by atoms with Gasteiger partial charge in [0.05, 0.1) is 6.67 Å². The van der Waals surface area contributed by atoms with E-state index in [0.717, 1.165) is 168 Å². The molecule has 0 aromatic heterocycles. The van der Waals surface area contributed by atoms with E-state index in [-0.39, 0.29) is 0 Å². The number of nitrogens with zero attached hydrogens (tertiary/aromatic N) is 2. The van der Waals surface area contributed by atoms with Crippen molar-refractivity contribution in [2.24, 2.45) is 0 Å². The van der Waals surface area contributed by atoms with E-state index in [4.69, 9.17) is 26.6 Å². The number of unbranched alkanes of at least 4 members (excludes halogenated alkanes) is 6. The van der Waals surface area contributed by atoms with Crippen LogP contribution in [0.15, 0.2) is 12.3 Å². The van der Waals surface area contributed by atoms with Gasteiger partial charge >= 0.3 is 17.6 Å². The fourth-order valence-electron chi connectivity index (χ4n) is 4.95. The van der Waals surface area contributed by atoms with Gasteiger partial charge in [0.15, 0.2) is 0 Å². The van der Waals surface area contributed by atoms with Crippen molar-refractivity contribution in [2.45, 2.75) is 144 Å². The third-order valence-electron chi connectivity index (χ3n) is 7.87. The van der Waals surface area contributed by atoms with Gasteiger partial charge in [0, 0.05) is 71.4 Å². The van der Waals surface area contributed by atoms with Crippen molar-refractivity contribution in [3.8, 4) is 0 Å². The zero-order chi connectivity index (χ0) is 32.2. The maximum Gasteiger partial charge on any atom is 0.501 e. The van der Waals surface area contributed by atoms with Gasteiger partial charge in [0.25, 0.3) is 0 Å². The highest BCUT2D eigenvalue weighted by molar-refractivity contribution is 6.61. The fourth-order valence-corrected chi connectivity index (χ4v) is 10.2. The second-order valence-corrected chi connectivity index (χ2v) is 17.7. The molecule has 44 heavy (non-hydrogen) atoms. The van der Waals surface area contributed by atoms with E-state index in [9.17, 15) is 0 Å². The highest BCUT2D eigenvalue weighted by Crippen LogP contribution is 2.23. The smallest absolute Gasteiger partial charge is 0.373 e. The summed E-state index contributed by atoms with van der Waals surface area (Å²) in [6.45, 7) is 21.5. The maximum absolute atomic E-state index is 6.48. The molecule has 0 unspecified atom stereocenters. The van der Waals surface area contributed by atoms with Crippen LogP contribution in [0.25, 0.3) is 0 Å². The van der Waals surface area contributed by atoms with Crippen LogP contribution in [-0.2, 0) is 26.6 Å². The molecule has 8 nitrogen and oxygen atoms in total. The highest BCUT2D eigenvalue weighted by atomic mass is 28.4. The molecule has 10 heteroatoms. The first-order chi connectivity index (χ1) is 21.5. The van der Waals surface area contributed by atoms with Crippen molar-refractivity contribution in [1.82, 2.24) is 9.80 Å². The molecule has 0 spiro atoms. The van der Waals surface area contributed by atoms with Crippen molar-refractivity contribution in [3.05, 3.63) is 12.3 Å². The molecule has 0 saturated carbocycles. The monoisotopic (exact) mass is 660 g/mol. The molecule has 0 aromatic carbocycles. The maximum atomic E-state index is 6.48. The molecule has 1 aliphatic rings. The van der Waals surface area contributed by atoms with E-state index >= 15 is 0 Å². The van der Waals surface area contributed by atoms with Crippen LogP contribution in [0.2, 0.25) is 12.1 Å². The van der Waals surface area contributed by atoms with Gasteiger partial charge in [0.1, 0.15) is 0 Å². The van der Waals surface area contributed by atoms with Gasteiger partial charge in [-0.1, -0.05) is 86.1 Å². The summed E-state index contributed by atoms with van der Waals surface area (Å²) in [5, 5.41) is 0. The van der Waals surface area contributed by atoms with Crippen LogP contribution in [-0.4, -0.2) is 93.4 Å². The predicted molar refractivity (Wildman–Crippen MR) is 188 cm³/mol. The van der Waals surface area contributed by atoms with Crippen molar-refractivity contribution < 1.29 is 26.6 Å². The van der Waals surface area contributed by atoms with Crippen molar-refractivity contribution in [1.29, 1.82) is 0 Å². The minimum Gasteiger partial charge on any atom is -0.373 e. The van der Waals surface area contributed by atoms with Crippen LogP contribution in [0.3, 0.4) is 0 Å². The molecule has 0 aromatic rings. The SMILES string of the molecule is CCCCO[Si](CCCN1C=CCN(CCC[Si](OCCCC)(OCCCC)OCCCC)C1)(OCCCC)OCCCC. The molecule has 0 radical (unpaired) electrons. The first-order valence-corrected chi connectivity index (χ1v) is 22.4. The van der Waals surface area contributed by atoms with Crippen LogP contribution < -0.4 is 0 Å². The van der Waals surface area contributed by atoms with E-state index in [0.29, 0.717) is 0 Å². The third-order valence-corrected chi connectivity index (χ3v) is 13.7. The fraction of sp³-hybridized carbons (Fsp3) is 0.941. The Kier molecular flexibility index (Phi) is 26.3. The quantitative estimate of drug-likeness (QED) is 0.0525. The zero-order valence-corrected chi connectivity index (χ0v) is 31.9. The van der Waals surface area contributed by atoms with E-state index in [1.165, 1.54) is 0 Å². The summed E-state index contributed by atoms with van der Waals surface area (Å²) in [4.78, 5) is 4.96. The highest BCUT2D eigenvalue weighted by Gasteiger charge is 2.42. The lowest BCUT2D eigenvalue weighted by atomic mass is 10.3. The Morgan fingerprint density at radius 2 is 0.818 bits per heavy atom. The molecule has 0 N–H and O–H groups in total. The summed E-state index contributed by atoms with van der Waals surface area (Å²) in [5.74, 6) is 0. The van der Waals surface area contributed by atoms with E-state index in [1.54, 1.807) is 0 Å². The van der Waals surface area contributed by atoms with Crippen LogP contribution in [0.4, 0.5) is 0 Å². The summed E-state index contributed by atoms with van der Waals surface area (Å²) < 4.78 is 38.9. The summed E-state index contributed by atoms with van der Waals surface area (Å²) in [6, 6.07) is 1.76. The van der Waals surface area contributed by atoms with E-state index in [1.807, 2.05) is 0 Å². The molecule has 1 rings (SSSR count). The molecule has 0 amide bonds. The van der Waals surface area contributed by atoms with Gasteiger partial charge in [0.2, 0.25) is 0 Å². The number of rotatable bonds is 32. The Hall–Kier alpha value is -0.306. The van der Waals surface area contributed by atoms with Gasteiger partial charge < -0.3 is 31.5 Å². The molecule has 1 heterocycles. The van der Waals surface area contributed by atoms with Crippen LogP contribution >= 0.6 is 0 Å². The van der Waals surface area contributed by atoms with Crippen LogP contribution in [0, 0.1) is 0 Å². The summed E-state index contributed by atoms with van der Waals surface area (Å²) in [5.41, 5.74) is 0. The Morgan fingerprint density at radius 3 is 1.16 bits per heavy atom. The second-order valence-electron chi connectivity index (χ2n) is 12.2. The molecule has 1 aliphatic heterocycles. The van der Waals surface area contributed by atoms with Gasteiger partial charge in [-0.05, 0) is 57.6 Å². The van der Waals surface area contributed by atoms with E-state index < -0.39 is 17.6 Å².